The number of carbonyl (C=O) groups excluding carboxylic acids is 1. The molecule has 0 bridgehead atoms. The predicted octanol–water partition coefficient (Wildman–Crippen LogP) is 2.27. The Labute approximate surface area is 113 Å². The van der Waals surface area contributed by atoms with Gasteiger partial charge >= 0.3 is 5.97 Å². The van der Waals surface area contributed by atoms with Gasteiger partial charge in [-0.3, -0.25) is 4.79 Å². The minimum Gasteiger partial charge on any atom is -0.482 e. The highest BCUT2D eigenvalue weighted by atomic mass is 79.9. The van der Waals surface area contributed by atoms with E-state index in [1.54, 1.807) is 6.07 Å². The van der Waals surface area contributed by atoms with Crippen molar-refractivity contribution in [3.8, 4) is 5.75 Å². The molecule has 0 saturated heterocycles. The molecular formula is C13H13BrO4. The number of fused-ring (bicyclic) bond motifs is 1. The predicted molar refractivity (Wildman–Crippen MR) is 69.8 cm³/mol. The molecule has 1 aromatic carbocycles. The molecule has 0 aromatic heterocycles. The van der Waals surface area contributed by atoms with Crippen LogP contribution in [0.1, 0.15) is 27.0 Å². The molecule has 0 amide bonds. The number of hydrogen-bond acceptors (Lipinski definition) is 3. The lowest BCUT2D eigenvalue weighted by Crippen LogP contribution is -2.11. The highest BCUT2D eigenvalue weighted by molar-refractivity contribution is 9.10. The number of benzene rings is 1. The maximum atomic E-state index is 12.0. The first-order valence-corrected chi connectivity index (χ1v) is 6.49. The maximum Gasteiger partial charge on any atom is 0.341 e. The Balaban J connectivity index is 2.48. The van der Waals surface area contributed by atoms with Crippen molar-refractivity contribution in [1.29, 1.82) is 0 Å². The molecule has 0 saturated carbocycles. The first-order valence-electron chi connectivity index (χ1n) is 5.57. The highest BCUT2D eigenvalue weighted by Gasteiger charge is 2.33. The number of aryl methyl sites for hydroxylation is 1. The van der Waals surface area contributed by atoms with Gasteiger partial charge in [-0.1, -0.05) is 15.9 Å². The molecule has 2 rings (SSSR count). The minimum atomic E-state index is -1.03. The second-order valence-corrected chi connectivity index (χ2v) is 5.49. The van der Waals surface area contributed by atoms with E-state index in [1.165, 1.54) is 0 Å². The molecule has 1 aliphatic rings. The van der Waals surface area contributed by atoms with Crippen molar-refractivity contribution in [3.05, 3.63) is 28.3 Å². The third-order valence-electron chi connectivity index (χ3n) is 3.18. The summed E-state index contributed by atoms with van der Waals surface area (Å²) >= 11 is 3.34. The van der Waals surface area contributed by atoms with E-state index in [4.69, 9.17) is 9.84 Å². The molecule has 4 nitrogen and oxygen atoms in total. The minimum absolute atomic E-state index is 0.0476. The smallest absolute Gasteiger partial charge is 0.341 e. The molecule has 1 N–H and O–H groups in total. The van der Waals surface area contributed by atoms with Gasteiger partial charge in [0.05, 0.1) is 4.83 Å². The molecule has 96 valence electrons. The number of halogens is 1. The summed E-state index contributed by atoms with van der Waals surface area (Å²) in [5, 5.41) is 8.65. The van der Waals surface area contributed by atoms with E-state index < -0.39 is 12.6 Å². The van der Waals surface area contributed by atoms with Crippen LogP contribution in [-0.2, 0) is 11.2 Å². The Morgan fingerprint density at radius 2 is 2.22 bits per heavy atom. The van der Waals surface area contributed by atoms with Crippen LogP contribution in [0.25, 0.3) is 0 Å². The third kappa shape index (κ3) is 2.14. The second kappa shape index (κ2) is 4.72. The van der Waals surface area contributed by atoms with Gasteiger partial charge < -0.3 is 9.84 Å². The SMILES string of the molecule is Cc1cc(OCC(=O)O)c2c(c1C)C(=O)C(Br)C2. The van der Waals surface area contributed by atoms with E-state index in [9.17, 15) is 9.59 Å². The van der Waals surface area contributed by atoms with Gasteiger partial charge in [0.25, 0.3) is 0 Å². The van der Waals surface area contributed by atoms with E-state index in [2.05, 4.69) is 15.9 Å². The fourth-order valence-corrected chi connectivity index (χ4v) is 2.72. The van der Waals surface area contributed by atoms with E-state index >= 15 is 0 Å². The number of carboxylic acid groups (broad SMARTS) is 1. The normalized spacial score (nSPS) is 17.7. The van der Waals surface area contributed by atoms with Crippen LogP contribution in [0, 0.1) is 13.8 Å². The van der Waals surface area contributed by atoms with Gasteiger partial charge in [0, 0.05) is 11.1 Å². The van der Waals surface area contributed by atoms with Crippen LogP contribution in [0.4, 0.5) is 0 Å². The fourth-order valence-electron chi connectivity index (χ4n) is 2.17. The molecule has 1 aromatic rings. The van der Waals surface area contributed by atoms with Gasteiger partial charge in [0.1, 0.15) is 5.75 Å². The van der Waals surface area contributed by atoms with Crippen molar-refractivity contribution in [2.45, 2.75) is 25.1 Å². The Morgan fingerprint density at radius 1 is 1.56 bits per heavy atom. The second-order valence-electron chi connectivity index (χ2n) is 4.39. The first-order chi connectivity index (χ1) is 8.41. The average Bonchev–Trinajstić information content (AvgIpc) is 2.59. The number of Topliss-reactive ketones (excluding diaryl/α,β-unsaturated/α-hetero) is 1. The van der Waals surface area contributed by atoms with Crippen LogP contribution in [-0.4, -0.2) is 28.3 Å². The maximum absolute atomic E-state index is 12.0. The number of carbonyl (C=O) groups is 2. The topological polar surface area (TPSA) is 63.6 Å². The van der Waals surface area contributed by atoms with Crippen LogP contribution >= 0.6 is 15.9 Å². The zero-order valence-corrected chi connectivity index (χ0v) is 11.7. The van der Waals surface area contributed by atoms with Crippen molar-refractivity contribution in [1.82, 2.24) is 0 Å². The largest absolute Gasteiger partial charge is 0.482 e. The average molecular weight is 313 g/mol. The summed E-state index contributed by atoms with van der Waals surface area (Å²) in [5.74, 6) is -0.473. The van der Waals surface area contributed by atoms with Crippen molar-refractivity contribution >= 4 is 27.7 Å². The molecule has 5 heteroatoms. The van der Waals surface area contributed by atoms with Gasteiger partial charge in [0.15, 0.2) is 12.4 Å². The standard InChI is InChI=1S/C13H13BrO4/c1-6-3-10(18-5-11(15)16)8-4-9(14)13(17)12(8)7(6)2/h3,9H,4-5H2,1-2H3,(H,15,16). The summed E-state index contributed by atoms with van der Waals surface area (Å²) in [5.41, 5.74) is 3.37. The van der Waals surface area contributed by atoms with Crippen LogP contribution in [0.5, 0.6) is 5.75 Å². The van der Waals surface area contributed by atoms with Crippen LogP contribution in [0.2, 0.25) is 0 Å². The van der Waals surface area contributed by atoms with Crippen molar-refractivity contribution in [3.63, 3.8) is 0 Å². The summed E-state index contributed by atoms with van der Waals surface area (Å²) in [4.78, 5) is 22.4. The van der Waals surface area contributed by atoms with E-state index in [1.807, 2.05) is 13.8 Å². The van der Waals surface area contributed by atoms with Gasteiger partial charge in [-0.15, -0.1) is 0 Å². The molecular weight excluding hydrogens is 300 g/mol. The lowest BCUT2D eigenvalue weighted by Gasteiger charge is -2.12. The van der Waals surface area contributed by atoms with Crippen LogP contribution in [0.15, 0.2) is 6.07 Å². The summed E-state index contributed by atoms with van der Waals surface area (Å²) in [7, 11) is 0. The van der Waals surface area contributed by atoms with Gasteiger partial charge in [-0.25, -0.2) is 4.79 Å². The van der Waals surface area contributed by atoms with Gasteiger partial charge in [0.2, 0.25) is 0 Å². The summed E-state index contributed by atoms with van der Waals surface area (Å²) in [6, 6.07) is 1.80. The molecule has 1 unspecified atom stereocenters. The zero-order chi connectivity index (χ0) is 13.4. The summed E-state index contributed by atoms with van der Waals surface area (Å²) < 4.78 is 5.27. The Kier molecular flexibility index (Phi) is 3.43. The Hall–Kier alpha value is -1.36. The number of ether oxygens (including phenoxy) is 1. The molecule has 0 spiro atoms. The lowest BCUT2D eigenvalue weighted by molar-refractivity contribution is -0.139. The lowest BCUT2D eigenvalue weighted by atomic mass is 9.98. The molecule has 0 aliphatic heterocycles. The van der Waals surface area contributed by atoms with E-state index in [-0.39, 0.29) is 10.6 Å². The number of carboxylic acids is 1. The fraction of sp³-hybridized carbons (Fsp3) is 0.385. The number of ketones is 1. The van der Waals surface area contributed by atoms with Crippen molar-refractivity contribution in [2.75, 3.05) is 6.61 Å². The number of aliphatic carboxylic acids is 1. The monoisotopic (exact) mass is 312 g/mol. The van der Waals surface area contributed by atoms with Crippen molar-refractivity contribution in [2.24, 2.45) is 0 Å². The molecule has 1 atom stereocenters. The molecule has 1 aliphatic carbocycles. The molecule has 0 radical (unpaired) electrons. The molecule has 18 heavy (non-hydrogen) atoms. The number of alkyl halides is 1. The summed E-state index contributed by atoms with van der Waals surface area (Å²) in [6.07, 6.45) is 0.546. The van der Waals surface area contributed by atoms with Crippen LogP contribution < -0.4 is 4.74 Å². The molecule has 0 heterocycles. The van der Waals surface area contributed by atoms with E-state index in [0.29, 0.717) is 17.7 Å². The quantitative estimate of drug-likeness (QED) is 0.870. The Bertz CT molecular complexity index is 536. The van der Waals surface area contributed by atoms with Gasteiger partial charge in [-0.05, 0) is 37.5 Å². The van der Waals surface area contributed by atoms with Crippen LogP contribution in [0.3, 0.4) is 0 Å². The first kappa shape index (κ1) is 13.1. The Morgan fingerprint density at radius 3 is 2.83 bits per heavy atom. The summed E-state index contributed by atoms with van der Waals surface area (Å²) in [6.45, 7) is 3.40. The highest BCUT2D eigenvalue weighted by Crippen LogP contribution is 2.37. The number of rotatable bonds is 3. The molecule has 0 fully saturated rings. The van der Waals surface area contributed by atoms with E-state index in [0.717, 1.165) is 16.7 Å². The zero-order valence-electron chi connectivity index (χ0n) is 10.1. The van der Waals surface area contributed by atoms with Gasteiger partial charge in [-0.2, -0.15) is 0 Å². The third-order valence-corrected chi connectivity index (χ3v) is 3.92. The van der Waals surface area contributed by atoms with Crippen molar-refractivity contribution < 1.29 is 19.4 Å². The number of hydrogen-bond donors (Lipinski definition) is 1.